The minimum absolute atomic E-state index is 0.282. The van der Waals surface area contributed by atoms with Gasteiger partial charge in [-0.3, -0.25) is 8.89 Å². The van der Waals surface area contributed by atoms with Crippen LogP contribution in [-0.4, -0.2) is 63.1 Å². The van der Waals surface area contributed by atoms with Crippen LogP contribution in [0.2, 0.25) is 0 Å². The molecule has 4 heterocycles. The minimum Gasteiger partial charge on any atom is -0.444 e. The summed E-state index contributed by atoms with van der Waals surface area (Å²) >= 11 is 0. The first kappa shape index (κ1) is 24.3. The number of amides is 1. The maximum absolute atomic E-state index is 13.0. The number of anilines is 2. The molecule has 0 N–H and O–H groups in total. The Hall–Kier alpha value is -2.39. The van der Waals surface area contributed by atoms with Crippen molar-refractivity contribution in [2.45, 2.75) is 76.0 Å². The smallest absolute Gasteiger partial charge is 0.410 e. The molecule has 1 unspecified atom stereocenters. The highest BCUT2D eigenvalue weighted by molar-refractivity contribution is 7.84. The van der Waals surface area contributed by atoms with Gasteiger partial charge in [0.1, 0.15) is 5.60 Å². The van der Waals surface area contributed by atoms with Gasteiger partial charge in [0.05, 0.1) is 12.6 Å². The molecule has 0 radical (unpaired) electrons. The van der Waals surface area contributed by atoms with Crippen LogP contribution in [0.4, 0.5) is 16.3 Å². The molecule has 8 nitrogen and oxygen atoms in total. The first-order valence-electron chi connectivity index (χ1n) is 12.6. The van der Waals surface area contributed by atoms with E-state index in [0.717, 1.165) is 73.8 Å². The van der Waals surface area contributed by atoms with Gasteiger partial charge in [-0.25, -0.2) is 4.79 Å². The maximum atomic E-state index is 13.0. The van der Waals surface area contributed by atoms with Gasteiger partial charge in [0.25, 0.3) is 0 Å². The van der Waals surface area contributed by atoms with E-state index >= 15 is 0 Å². The molecule has 5 rings (SSSR count). The summed E-state index contributed by atoms with van der Waals surface area (Å²) in [6, 6.07) is 6.43. The molecule has 190 valence electrons. The largest absolute Gasteiger partial charge is 0.444 e. The zero-order valence-electron chi connectivity index (χ0n) is 21.2. The van der Waals surface area contributed by atoms with Gasteiger partial charge in [-0.2, -0.15) is 5.10 Å². The molecule has 35 heavy (non-hydrogen) atoms. The molecule has 0 aliphatic carbocycles. The molecule has 2 aromatic rings. The van der Waals surface area contributed by atoms with Gasteiger partial charge < -0.3 is 19.3 Å². The van der Waals surface area contributed by atoms with Crippen molar-refractivity contribution in [2.75, 3.05) is 37.5 Å². The van der Waals surface area contributed by atoms with E-state index in [2.05, 4.69) is 21.7 Å². The van der Waals surface area contributed by atoms with Crippen LogP contribution in [0.5, 0.6) is 0 Å². The van der Waals surface area contributed by atoms with E-state index < -0.39 is 16.4 Å². The fourth-order valence-electron chi connectivity index (χ4n) is 5.31. The van der Waals surface area contributed by atoms with Crippen molar-refractivity contribution in [1.82, 2.24) is 14.7 Å². The summed E-state index contributed by atoms with van der Waals surface area (Å²) in [6.45, 7) is 9.13. The number of hydrogen-bond acceptors (Lipinski definition) is 6. The van der Waals surface area contributed by atoms with Crippen molar-refractivity contribution in [1.29, 1.82) is 0 Å². The van der Waals surface area contributed by atoms with Crippen LogP contribution in [0.15, 0.2) is 23.1 Å². The van der Waals surface area contributed by atoms with Gasteiger partial charge in [-0.05, 0) is 64.2 Å². The highest BCUT2D eigenvalue weighted by Gasteiger charge is 2.35. The maximum Gasteiger partial charge on any atom is 0.410 e. The van der Waals surface area contributed by atoms with Crippen LogP contribution in [-0.2, 0) is 39.7 Å². The Morgan fingerprint density at radius 1 is 1.17 bits per heavy atom. The number of rotatable bonds is 3. The van der Waals surface area contributed by atoms with Crippen LogP contribution in [0.25, 0.3) is 0 Å². The summed E-state index contributed by atoms with van der Waals surface area (Å²) in [5.74, 6) is 0.916. The van der Waals surface area contributed by atoms with Gasteiger partial charge in [-0.15, -0.1) is 0 Å². The third-order valence-electron chi connectivity index (χ3n) is 7.02. The SMILES string of the molecule is CS(=O)c1ccc2c(c1)N(c1nn(C3CCOCC3)c3c1CN(C(=O)OC(C)(C)C)CC3)CCC2. The molecule has 1 fully saturated rings. The van der Waals surface area contributed by atoms with Gasteiger partial charge in [0.15, 0.2) is 5.82 Å². The minimum atomic E-state index is -1.06. The lowest BCUT2D eigenvalue weighted by Crippen LogP contribution is -2.40. The topological polar surface area (TPSA) is 76.9 Å². The quantitative estimate of drug-likeness (QED) is 0.624. The number of aryl methyl sites for hydroxylation is 1. The lowest BCUT2D eigenvalue weighted by Gasteiger charge is -2.33. The molecule has 1 saturated heterocycles. The molecule has 1 aromatic heterocycles. The number of nitrogens with zero attached hydrogens (tertiary/aromatic N) is 4. The second-order valence-corrected chi connectivity index (χ2v) is 12.1. The van der Waals surface area contributed by atoms with E-state index in [0.29, 0.717) is 19.1 Å². The summed E-state index contributed by atoms with van der Waals surface area (Å²) in [6.07, 6.45) is 6.09. The predicted molar refractivity (Wildman–Crippen MR) is 136 cm³/mol. The second-order valence-electron chi connectivity index (χ2n) is 10.7. The Morgan fingerprint density at radius 3 is 2.66 bits per heavy atom. The highest BCUT2D eigenvalue weighted by atomic mass is 32.2. The zero-order chi connectivity index (χ0) is 24.7. The van der Waals surface area contributed by atoms with E-state index in [4.69, 9.17) is 14.6 Å². The van der Waals surface area contributed by atoms with Crippen LogP contribution in [0.1, 0.15) is 62.9 Å². The molecule has 1 aromatic carbocycles. The van der Waals surface area contributed by atoms with E-state index in [1.807, 2.05) is 26.8 Å². The Balaban J connectivity index is 1.56. The van der Waals surface area contributed by atoms with Gasteiger partial charge in [0.2, 0.25) is 0 Å². The average molecular weight is 501 g/mol. The fraction of sp³-hybridized carbons (Fsp3) is 0.615. The average Bonchev–Trinajstić information content (AvgIpc) is 3.21. The lowest BCUT2D eigenvalue weighted by molar-refractivity contribution is 0.0221. The van der Waals surface area contributed by atoms with E-state index in [1.165, 1.54) is 11.3 Å². The third kappa shape index (κ3) is 4.98. The standard InChI is InChI=1S/C26H36N4O4S/c1-26(2,3)34-25(31)28-13-9-22-21(17-28)24(27-30(22)19-10-14-33-15-11-19)29-12-5-6-18-7-8-20(35(4)32)16-23(18)29/h7-8,16,19H,5-6,9-15,17H2,1-4H3. The lowest BCUT2D eigenvalue weighted by atomic mass is 10.00. The molecule has 9 heteroatoms. The Morgan fingerprint density at radius 2 is 1.94 bits per heavy atom. The van der Waals surface area contributed by atoms with Crippen LogP contribution in [0.3, 0.4) is 0 Å². The van der Waals surface area contributed by atoms with Gasteiger partial charge in [-0.1, -0.05) is 6.07 Å². The Bertz CT molecular complexity index is 1130. The number of carbonyl (C=O) groups excluding carboxylic acids is 1. The highest BCUT2D eigenvalue weighted by Crippen LogP contribution is 2.40. The van der Waals surface area contributed by atoms with Crippen molar-refractivity contribution in [3.05, 3.63) is 35.0 Å². The van der Waals surface area contributed by atoms with Crippen molar-refractivity contribution in [2.24, 2.45) is 0 Å². The Kier molecular flexibility index (Phi) is 6.65. The number of benzene rings is 1. The number of carbonyl (C=O) groups is 1. The van der Waals surface area contributed by atoms with Gasteiger partial charge in [0, 0.05) is 71.6 Å². The summed E-state index contributed by atoms with van der Waals surface area (Å²) in [5, 5.41) is 5.21. The first-order valence-corrected chi connectivity index (χ1v) is 14.2. The molecule has 0 saturated carbocycles. The molecule has 1 atom stereocenters. The molecule has 3 aliphatic rings. The number of ether oxygens (including phenoxy) is 2. The molecule has 0 spiro atoms. The van der Waals surface area contributed by atoms with Crippen molar-refractivity contribution in [3.8, 4) is 0 Å². The summed E-state index contributed by atoms with van der Waals surface area (Å²) in [4.78, 5) is 17.9. The monoisotopic (exact) mass is 500 g/mol. The molecule has 3 aliphatic heterocycles. The van der Waals surface area contributed by atoms with E-state index in [-0.39, 0.29) is 6.09 Å². The zero-order valence-corrected chi connectivity index (χ0v) is 22.0. The molecular weight excluding hydrogens is 464 g/mol. The van der Waals surface area contributed by atoms with E-state index in [1.54, 1.807) is 11.2 Å². The van der Waals surface area contributed by atoms with Crippen LogP contribution < -0.4 is 4.90 Å². The normalized spacial score (nSPS) is 19.8. The van der Waals surface area contributed by atoms with Crippen LogP contribution in [0, 0.1) is 0 Å². The number of aromatic nitrogens is 2. The number of hydrogen-bond donors (Lipinski definition) is 0. The van der Waals surface area contributed by atoms with Crippen LogP contribution >= 0.6 is 0 Å². The predicted octanol–water partition coefficient (Wildman–Crippen LogP) is 4.35. The van der Waals surface area contributed by atoms with Crippen molar-refractivity contribution < 1.29 is 18.5 Å². The Labute approximate surface area is 210 Å². The van der Waals surface area contributed by atoms with Crippen molar-refractivity contribution >= 4 is 28.4 Å². The molecule has 1 amide bonds. The second kappa shape index (κ2) is 9.58. The van der Waals surface area contributed by atoms with E-state index in [9.17, 15) is 9.00 Å². The number of fused-ring (bicyclic) bond motifs is 2. The fourth-order valence-corrected chi connectivity index (χ4v) is 5.85. The summed E-state index contributed by atoms with van der Waals surface area (Å²) < 4.78 is 25.8. The summed E-state index contributed by atoms with van der Waals surface area (Å²) in [7, 11) is -1.06. The first-order chi connectivity index (χ1) is 16.7. The summed E-state index contributed by atoms with van der Waals surface area (Å²) in [5.41, 5.74) is 4.11. The third-order valence-corrected chi connectivity index (χ3v) is 7.93. The van der Waals surface area contributed by atoms with Gasteiger partial charge >= 0.3 is 6.09 Å². The molecule has 0 bridgehead atoms. The van der Waals surface area contributed by atoms with Crippen molar-refractivity contribution in [3.63, 3.8) is 0 Å². The molecular formula is C26H36N4O4S.